The third kappa shape index (κ3) is 5.54. The fourth-order valence-corrected chi connectivity index (χ4v) is 3.36. The number of benzene rings is 2. The van der Waals surface area contributed by atoms with E-state index in [-0.39, 0.29) is 12.3 Å². The van der Waals surface area contributed by atoms with Crippen molar-refractivity contribution < 1.29 is 8.42 Å². The molecule has 0 aromatic heterocycles. The monoisotopic (exact) mass is 365 g/mol. The predicted octanol–water partition coefficient (Wildman–Crippen LogP) is 2.48. The minimum Gasteiger partial charge on any atom is -0.355 e. The minimum atomic E-state index is -3.30. The normalized spacial score (nSPS) is 12.0. The zero-order valence-electron chi connectivity index (χ0n) is 13.4. The number of halogens is 1. The van der Waals surface area contributed by atoms with E-state index in [1.54, 1.807) is 37.4 Å². The van der Waals surface area contributed by atoms with Crippen LogP contribution in [0.5, 0.6) is 0 Å². The molecule has 2 rings (SSSR count). The number of sulfone groups is 1. The average molecular weight is 366 g/mol. The summed E-state index contributed by atoms with van der Waals surface area (Å²) in [7, 11) is -1.65. The number of guanidine groups is 1. The molecule has 0 spiro atoms. The first-order chi connectivity index (χ1) is 11.5. The second-order valence-corrected chi connectivity index (χ2v) is 7.66. The van der Waals surface area contributed by atoms with E-state index in [4.69, 9.17) is 11.6 Å². The van der Waals surface area contributed by atoms with Gasteiger partial charge in [-0.2, -0.15) is 0 Å². The number of nitrogens with zero attached hydrogens (tertiary/aromatic N) is 1. The number of nitrogens with one attached hydrogen (secondary N) is 2. The molecule has 2 aromatic carbocycles. The van der Waals surface area contributed by atoms with Crippen molar-refractivity contribution in [2.75, 3.05) is 19.3 Å². The number of hydrogen-bond acceptors (Lipinski definition) is 3. The van der Waals surface area contributed by atoms with Crippen LogP contribution in [0.25, 0.3) is 0 Å². The van der Waals surface area contributed by atoms with E-state index in [1.807, 2.05) is 24.3 Å². The molecule has 0 aliphatic carbocycles. The van der Waals surface area contributed by atoms with Gasteiger partial charge in [0.2, 0.25) is 0 Å². The molecule has 24 heavy (non-hydrogen) atoms. The van der Waals surface area contributed by atoms with Gasteiger partial charge in [0.1, 0.15) is 0 Å². The summed E-state index contributed by atoms with van der Waals surface area (Å²) in [5, 5.41) is 6.83. The maximum Gasteiger partial charge on any atom is 0.191 e. The predicted molar refractivity (Wildman–Crippen MR) is 98.1 cm³/mol. The molecule has 2 N–H and O–H groups in total. The van der Waals surface area contributed by atoms with Crippen molar-refractivity contribution in [1.29, 1.82) is 0 Å². The zero-order valence-corrected chi connectivity index (χ0v) is 14.9. The lowest BCUT2D eigenvalue weighted by molar-refractivity contribution is 0.594. The fourth-order valence-electron chi connectivity index (χ4n) is 2.06. The highest BCUT2D eigenvalue weighted by atomic mass is 35.5. The van der Waals surface area contributed by atoms with Crippen LogP contribution < -0.4 is 10.6 Å². The van der Waals surface area contributed by atoms with Crippen LogP contribution in [0.1, 0.15) is 5.56 Å². The summed E-state index contributed by atoms with van der Waals surface area (Å²) in [6, 6.07) is 15.9. The Hall–Kier alpha value is -2.05. The number of aliphatic imine (C=N–C) groups is 1. The van der Waals surface area contributed by atoms with E-state index in [9.17, 15) is 8.42 Å². The maximum atomic E-state index is 12.2. The first kappa shape index (κ1) is 18.3. The standard InChI is InChI=1S/C17H20ClN3O2S/c1-19-17(21-13-14-7-9-15(18)10-8-14)20-11-12-24(22,23)16-5-3-2-4-6-16/h2-10H,11-13H2,1H3,(H2,19,20,21). The Bertz CT molecular complexity index is 775. The molecule has 7 heteroatoms. The minimum absolute atomic E-state index is 0.00133. The molecule has 5 nitrogen and oxygen atoms in total. The van der Waals surface area contributed by atoms with Crippen molar-refractivity contribution in [3.63, 3.8) is 0 Å². The summed E-state index contributed by atoms with van der Waals surface area (Å²) in [5.74, 6) is 0.548. The third-order valence-electron chi connectivity index (χ3n) is 3.36. The Balaban J connectivity index is 1.82. The van der Waals surface area contributed by atoms with E-state index < -0.39 is 9.84 Å². The topological polar surface area (TPSA) is 70.6 Å². The van der Waals surface area contributed by atoms with Gasteiger partial charge in [-0.25, -0.2) is 8.42 Å². The Labute approximate surface area is 147 Å². The summed E-state index contributed by atoms with van der Waals surface area (Å²) in [6.07, 6.45) is 0. The molecule has 0 heterocycles. The molecule has 0 unspecified atom stereocenters. The van der Waals surface area contributed by atoms with E-state index in [1.165, 1.54) is 0 Å². The molecule has 0 atom stereocenters. The molecule has 0 saturated heterocycles. The molecular formula is C17H20ClN3O2S. The van der Waals surface area contributed by atoms with E-state index in [2.05, 4.69) is 15.6 Å². The first-order valence-corrected chi connectivity index (χ1v) is 9.51. The van der Waals surface area contributed by atoms with Gasteiger partial charge in [0.15, 0.2) is 15.8 Å². The van der Waals surface area contributed by atoms with Crippen molar-refractivity contribution in [3.05, 3.63) is 65.2 Å². The van der Waals surface area contributed by atoms with Crippen LogP contribution in [-0.4, -0.2) is 33.7 Å². The van der Waals surface area contributed by atoms with Crippen molar-refractivity contribution in [2.45, 2.75) is 11.4 Å². The van der Waals surface area contributed by atoms with Gasteiger partial charge in [-0.3, -0.25) is 4.99 Å². The molecule has 2 aromatic rings. The third-order valence-corrected chi connectivity index (χ3v) is 5.35. The Morgan fingerprint density at radius 2 is 1.71 bits per heavy atom. The summed E-state index contributed by atoms with van der Waals surface area (Å²) in [4.78, 5) is 4.42. The Morgan fingerprint density at radius 3 is 2.33 bits per heavy atom. The van der Waals surface area contributed by atoms with Gasteiger partial charge in [0, 0.05) is 25.2 Å². The van der Waals surface area contributed by atoms with Gasteiger partial charge >= 0.3 is 0 Å². The van der Waals surface area contributed by atoms with E-state index in [0.29, 0.717) is 22.4 Å². The molecule has 0 radical (unpaired) electrons. The quantitative estimate of drug-likeness (QED) is 0.609. The Morgan fingerprint density at radius 1 is 1.04 bits per heavy atom. The molecule has 128 valence electrons. The molecule has 0 bridgehead atoms. The van der Waals surface area contributed by atoms with Crippen LogP contribution in [-0.2, 0) is 16.4 Å². The van der Waals surface area contributed by atoms with Crippen LogP contribution in [0.15, 0.2) is 64.5 Å². The van der Waals surface area contributed by atoms with Crippen molar-refractivity contribution in [1.82, 2.24) is 10.6 Å². The summed E-state index contributed by atoms with van der Waals surface area (Å²) in [6.45, 7) is 0.847. The van der Waals surface area contributed by atoms with Crippen molar-refractivity contribution in [2.24, 2.45) is 4.99 Å². The maximum absolute atomic E-state index is 12.2. The highest BCUT2D eigenvalue weighted by molar-refractivity contribution is 7.91. The van der Waals surface area contributed by atoms with Gasteiger partial charge in [-0.15, -0.1) is 0 Å². The first-order valence-electron chi connectivity index (χ1n) is 7.48. The average Bonchev–Trinajstić information content (AvgIpc) is 2.60. The second-order valence-electron chi connectivity index (χ2n) is 5.11. The SMILES string of the molecule is CN=C(NCCS(=O)(=O)c1ccccc1)NCc1ccc(Cl)cc1. The van der Waals surface area contributed by atoms with Gasteiger partial charge in [-0.1, -0.05) is 41.9 Å². The molecule has 0 saturated carbocycles. The molecule has 0 aliphatic rings. The lowest BCUT2D eigenvalue weighted by atomic mass is 10.2. The molecule has 0 amide bonds. The van der Waals surface area contributed by atoms with Gasteiger partial charge < -0.3 is 10.6 Å². The van der Waals surface area contributed by atoms with Crippen molar-refractivity contribution >= 4 is 27.4 Å². The molecule has 0 fully saturated rings. The van der Waals surface area contributed by atoms with Crippen LogP contribution in [0.2, 0.25) is 5.02 Å². The zero-order chi connectivity index (χ0) is 17.4. The molecular weight excluding hydrogens is 346 g/mol. The van der Waals surface area contributed by atoms with Crippen molar-refractivity contribution in [3.8, 4) is 0 Å². The van der Waals surface area contributed by atoms with Crippen LogP contribution in [0.3, 0.4) is 0 Å². The Kier molecular flexibility index (Phi) is 6.63. The summed E-state index contributed by atoms with van der Waals surface area (Å²) >= 11 is 5.85. The van der Waals surface area contributed by atoms with E-state index in [0.717, 1.165) is 5.56 Å². The molecule has 0 aliphatic heterocycles. The van der Waals surface area contributed by atoms with Gasteiger partial charge in [0.05, 0.1) is 10.6 Å². The van der Waals surface area contributed by atoms with Gasteiger partial charge in [0.25, 0.3) is 0 Å². The lowest BCUT2D eigenvalue weighted by Gasteiger charge is -2.12. The number of rotatable bonds is 6. The van der Waals surface area contributed by atoms with E-state index >= 15 is 0 Å². The second kappa shape index (κ2) is 8.70. The summed E-state index contributed by atoms with van der Waals surface area (Å²) < 4.78 is 24.4. The van der Waals surface area contributed by atoms with Crippen LogP contribution >= 0.6 is 11.6 Å². The largest absolute Gasteiger partial charge is 0.355 e. The lowest BCUT2D eigenvalue weighted by Crippen LogP contribution is -2.39. The fraction of sp³-hybridized carbons (Fsp3) is 0.235. The summed E-state index contributed by atoms with van der Waals surface area (Å²) in [5.41, 5.74) is 1.05. The highest BCUT2D eigenvalue weighted by Crippen LogP contribution is 2.10. The van der Waals surface area contributed by atoms with Crippen LogP contribution in [0, 0.1) is 0 Å². The highest BCUT2D eigenvalue weighted by Gasteiger charge is 2.13. The van der Waals surface area contributed by atoms with Crippen LogP contribution in [0.4, 0.5) is 0 Å². The van der Waals surface area contributed by atoms with Gasteiger partial charge in [-0.05, 0) is 29.8 Å². The number of hydrogen-bond donors (Lipinski definition) is 2. The smallest absolute Gasteiger partial charge is 0.191 e.